The Kier molecular flexibility index (Phi) is 6.25. The molecule has 4 rings (SSSR count). The van der Waals surface area contributed by atoms with E-state index in [1.54, 1.807) is 12.1 Å². The smallest absolute Gasteiger partial charge is 0.340 e. The van der Waals surface area contributed by atoms with Crippen LogP contribution in [0.3, 0.4) is 0 Å². The third-order valence-electron chi connectivity index (χ3n) is 5.38. The standard InChI is InChI=1S/C21H23N9O4/c22-16-15-12(9-24-17(15)28-20(23)27-16)6-3-10-1-4-11(5-2-10)18(31)25-13(19(32)33)7-8-14-26-21(34)30-29-14/h1-2,4-5,9,13H,3,6-8H2,(H,25,31)(H,32,33)(H2,26,29,30,34)(H5,22,23,24,27,28)/t13-/m0/s1. The number of hydrogen-bond donors (Lipinski definition) is 7. The first kappa shape index (κ1) is 22.5. The molecule has 4 aromatic rings. The van der Waals surface area contributed by atoms with Gasteiger partial charge in [-0.05, 0) is 42.5 Å². The molecule has 0 aliphatic rings. The summed E-state index contributed by atoms with van der Waals surface area (Å²) in [6, 6.07) is 5.78. The predicted molar refractivity (Wildman–Crippen MR) is 123 cm³/mol. The fourth-order valence-corrected chi connectivity index (χ4v) is 3.65. The van der Waals surface area contributed by atoms with Crippen molar-refractivity contribution in [3.63, 3.8) is 0 Å². The van der Waals surface area contributed by atoms with Crippen LogP contribution in [-0.4, -0.2) is 53.2 Å². The molecule has 0 saturated heterocycles. The molecule has 0 radical (unpaired) electrons. The lowest BCUT2D eigenvalue weighted by Gasteiger charge is -2.14. The van der Waals surface area contributed by atoms with Crippen LogP contribution >= 0.6 is 0 Å². The maximum Gasteiger partial charge on any atom is 0.340 e. The van der Waals surface area contributed by atoms with Crippen LogP contribution in [-0.2, 0) is 24.1 Å². The van der Waals surface area contributed by atoms with Crippen molar-refractivity contribution in [3.8, 4) is 0 Å². The van der Waals surface area contributed by atoms with Crippen LogP contribution in [0.1, 0.15) is 33.7 Å². The number of aromatic amines is 3. The van der Waals surface area contributed by atoms with Crippen molar-refractivity contribution in [2.75, 3.05) is 11.5 Å². The average Bonchev–Trinajstić information content (AvgIpc) is 3.41. The van der Waals surface area contributed by atoms with Crippen molar-refractivity contribution in [1.29, 1.82) is 0 Å². The van der Waals surface area contributed by atoms with Gasteiger partial charge in [-0.15, -0.1) is 0 Å². The van der Waals surface area contributed by atoms with Gasteiger partial charge in [-0.3, -0.25) is 9.78 Å². The number of carbonyl (C=O) groups is 2. The van der Waals surface area contributed by atoms with E-state index in [1.807, 2.05) is 18.3 Å². The number of carboxylic acids is 1. The summed E-state index contributed by atoms with van der Waals surface area (Å²) in [6.07, 6.45) is 3.42. The summed E-state index contributed by atoms with van der Waals surface area (Å²) in [5, 5.41) is 18.6. The van der Waals surface area contributed by atoms with E-state index >= 15 is 0 Å². The predicted octanol–water partition coefficient (Wildman–Crippen LogP) is 0.135. The van der Waals surface area contributed by atoms with E-state index in [9.17, 15) is 19.5 Å². The van der Waals surface area contributed by atoms with Crippen molar-refractivity contribution < 1.29 is 14.7 Å². The summed E-state index contributed by atoms with van der Waals surface area (Å²) < 4.78 is 0. The number of fused-ring (bicyclic) bond motifs is 1. The van der Waals surface area contributed by atoms with E-state index in [0.717, 1.165) is 16.5 Å². The van der Waals surface area contributed by atoms with Gasteiger partial charge in [0.2, 0.25) is 5.95 Å². The number of amides is 1. The molecule has 176 valence electrons. The van der Waals surface area contributed by atoms with Crippen molar-refractivity contribution in [3.05, 3.63) is 63.5 Å². The van der Waals surface area contributed by atoms with E-state index in [1.165, 1.54) is 0 Å². The number of nitrogens with zero attached hydrogens (tertiary/aromatic N) is 3. The minimum Gasteiger partial charge on any atom is -0.480 e. The van der Waals surface area contributed by atoms with E-state index in [-0.39, 0.29) is 18.8 Å². The first-order chi connectivity index (χ1) is 16.3. The Balaban J connectivity index is 1.36. The highest BCUT2D eigenvalue weighted by Gasteiger charge is 2.21. The molecule has 0 unspecified atom stereocenters. The zero-order chi connectivity index (χ0) is 24.2. The Morgan fingerprint density at radius 3 is 2.53 bits per heavy atom. The van der Waals surface area contributed by atoms with Crippen LogP contribution < -0.4 is 22.5 Å². The molecule has 34 heavy (non-hydrogen) atoms. The lowest BCUT2D eigenvalue weighted by molar-refractivity contribution is -0.139. The molecule has 0 aliphatic heterocycles. The van der Waals surface area contributed by atoms with Crippen molar-refractivity contribution in [2.45, 2.75) is 31.7 Å². The number of benzene rings is 1. The highest BCUT2D eigenvalue weighted by Crippen LogP contribution is 2.24. The summed E-state index contributed by atoms with van der Waals surface area (Å²) in [6.45, 7) is 0. The van der Waals surface area contributed by atoms with Gasteiger partial charge >= 0.3 is 11.7 Å². The highest BCUT2D eigenvalue weighted by molar-refractivity contribution is 5.96. The number of aliphatic carboxylic acids is 1. The molecule has 0 saturated carbocycles. The zero-order valence-electron chi connectivity index (χ0n) is 18.0. The molecule has 9 N–H and O–H groups in total. The summed E-state index contributed by atoms with van der Waals surface area (Å²) in [5.41, 5.74) is 14.0. The summed E-state index contributed by atoms with van der Waals surface area (Å²) in [5.74, 6) is -0.937. The quantitative estimate of drug-likeness (QED) is 0.178. The topological polar surface area (TPSA) is 222 Å². The van der Waals surface area contributed by atoms with Crippen molar-refractivity contribution in [2.24, 2.45) is 0 Å². The Morgan fingerprint density at radius 1 is 1.09 bits per heavy atom. The number of hydrogen-bond acceptors (Lipinski definition) is 8. The number of nitrogen functional groups attached to an aromatic ring is 2. The third kappa shape index (κ3) is 5.03. The second kappa shape index (κ2) is 9.44. The fourth-order valence-electron chi connectivity index (χ4n) is 3.65. The highest BCUT2D eigenvalue weighted by atomic mass is 16.4. The van der Waals surface area contributed by atoms with Gasteiger partial charge < -0.3 is 26.9 Å². The number of aryl methyl sites for hydroxylation is 3. The summed E-state index contributed by atoms with van der Waals surface area (Å²) in [4.78, 5) is 48.8. The van der Waals surface area contributed by atoms with Gasteiger partial charge in [0.1, 0.15) is 23.3 Å². The van der Waals surface area contributed by atoms with E-state index in [2.05, 4.69) is 35.5 Å². The van der Waals surface area contributed by atoms with Crippen molar-refractivity contribution >= 4 is 34.7 Å². The lowest BCUT2D eigenvalue weighted by atomic mass is 10.0. The molecule has 1 atom stereocenters. The molecule has 3 heterocycles. The molecule has 0 fully saturated rings. The molecule has 13 heteroatoms. The van der Waals surface area contributed by atoms with Crippen LogP contribution in [0.25, 0.3) is 11.0 Å². The fraction of sp³-hybridized carbons (Fsp3) is 0.238. The Labute approximate surface area is 192 Å². The molecule has 1 aromatic carbocycles. The molecular formula is C21H23N9O4. The largest absolute Gasteiger partial charge is 0.480 e. The minimum atomic E-state index is -1.17. The SMILES string of the molecule is Nc1nc(N)c2c(CCc3ccc(C(=O)N[C@@H](CCc4n[nH]c(=O)[nH]4)C(=O)O)cc3)c[nH]c2n1. The van der Waals surface area contributed by atoms with Gasteiger partial charge in [0.05, 0.1) is 5.39 Å². The van der Waals surface area contributed by atoms with Crippen LogP contribution in [0.4, 0.5) is 11.8 Å². The Morgan fingerprint density at radius 2 is 1.85 bits per heavy atom. The second-order valence-corrected chi connectivity index (χ2v) is 7.73. The van der Waals surface area contributed by atoms with Gasteiger partial charge in [-0.25, -0.2) is 14.7 Å². The van der Waals surface area contributed by atoms with Gasteiger partial charge in [0, 0.05) is 18.2 Å². The van der Waals surface area contributed by atoms with Crippen LogP contribution in [0.2, 0.25) is 0 Å². The van der Waals surface area contributed by atoms with E-state index < -0.39 is 23.6 Å². The summed E-state index contributed by atoms with van der Waals surface area (Å²) in [7, 11) is 0. The van der Waals surface area contributed by atoms with Crippen LogP contribution in [0.15, 0.2) is 35.3 Å². The zero-order valence-corrected chi connectivity index (χ0v) is 18.0. The molecule has 0 bridgehead atoms. The normalized spacial score (nSPS) is 12.0. The minimum absolute atomic E-state index is 0.0725. The number of anilines is 2. The molecule has 3 aromatic heterocycles. The van der Waals surface area contributed by atoms with Crippen LogP contribution in [0, 0.1) is 0 Å². The first-order valence-corrected chi connectivity index (χ1v) is 10.4. The number of H-pyrrole nitrogens is 3. The Hall–Kier alpha value is -4.68. The molecule has 1 amide bonds. The number of rotatable bonds is 9. The molecule has 0 spiro atoms. The number of aromatic nitrogens is 6. The van der Waals surface area contributed by atoms with Gasteiger partial charge in [-0.1, -0.05) is 12.1 Å². The number of carboxylic acid groups (broad SMARTS) is 1. The number of nitrogens with two attached hydrogens (primary N) is 2. The third-order valence-corrected chi connectivity index (χ3v) is 5.38. The summed E-state index contributed by atoms with van der Waals surface area (Å²) >= 11 is 0. The lowest BCUT2D eigenvalue weighted by Crippen LogP contribution is -2.41. The number of nitrogens with one attached hydrogen (secondary N) is 4. The van der Waals surface area contributed by atoms with Crippen LogP contribution in [0.5, 0.6) is 0 Å². The van der Waals surface area contributed by atoms with Gasteiger partial charge in [-0.2, -0.15) is 15.1 Å². The first-order valence-electron chi connectivity index (χ1n) is 10.4. The van der Waals surface area contributed by atoms with Gasteiger partial charge in [0.15, 0.2) is 0 Å². The molecular weight excluding hydrogens is 442 g/mol. The maximum atomic E-state index is 12.5. The number of carbonyl (C=O) groups excluding carboxylic acids is 1. The van der Waals surface area contributed by atoms with Gasteiger partial charge in [0.25, 0.3) is 5.91 Å². The Bertz CT molecular complexity index is 1390. The van der Waals surface area contributed by atoms with E-state index in [4.69, 9.17) is 11.5 Å². The monoisotopic (exact) mass is 465 g/mol. The van der Waals surface area contributed by atoms with E-state index in [0.29, 0.717) is 35.7 Å². The molecule has 13 nitrogen and oxygen atoms in total. The second-order valence-electron chi connectivity index (χ2n) is 7.73. The average molecular weight is 465 g/mol. The molecule has 0 aliphatic carbocycles. The van der Waals surface area contributed by atoms with Crippen molar-refractivity contribution in [1.82, 2.24) is 35.5 Å². The maximum absolute atomic E-state index is 12.5.